The van der Waals surface area contributed by atoms with Crippen molar-refractivity contribution < 1.29 is 4.79 Å². The fourth-order valence-corrected chi connectivity index (χ4v) is 2.72. The van der Waals surface area contributed by atoms with Crippen LogP contribution in [0.15, 0.2) is 18.2 Å². The van der Waals surface area contributed by atoms with Crippen LogP contribution in [-0.2, 0) is 0 Å². The molecule has 0 atom stereocenters. The van der Waals surface area contributed by atoms with E-state index in [0.29, 0.717) is 26.4 Å². The summed E-state index contributed by atoms with van der Waals surface area (Å²) in [5.74, 6) is 5.07. The lowest BCUT2D eigenvalue weighted by Crippen LogP contribution is -2.34. The van der Waals surface area contributed by atoms with Gasteiger partial charge in [0.25, 0.3) is 5.91 Å². The Morgan fingerprint density at radius 1 is 1.25 bits per heavy atom. The first-order valence-corrected chi connectivity index (χ1v) is 6.69. The number of carbonyl (C=O) groups is 1. The fraction of sp³-hybridized carbons (Fsp3) is 0.167. The molecule has 0 unspecified atom stereocenters. The first-order valence-electron chi connectivity index (χ1n) is 5.55. The van der Waals surface area contributed by atoms with Crippen molar-refractivity contribution in [3.63, 3.8) is 0 Å². The van der Waals surface area contributed by atoms with E-state index in [1.54, 1.807) is 13.0 Å². The minimum Gasteiger partial charge on any atom is -0.278 e. The molecule has 2 N–H and O–H groups in total. The maximum absolute atomic E-state index is 12.1. The van der Waals surface area contributed by atoms with Crippen molar-refractivity contribution in [2.75, 3.05) is 7.05 Å². The van der Waals surface area contributed by atoms with Crippen LogP contribution in [0.5, 0.6) is 0 Å². The van der Waals surface area contributed by atoms with Gasteiger partial charge in [0.2, 0.25) is 0 Å². The molecule has 106 valence electrons. The summed E-state index contributed by atoms with van der Waals surface area (Å²) in [6.45, 7) is 1.75. The van der Waals surface area contributed by atoms with Gasteiger partial charge in [-0.3, -0.25) is 9.80 Å². The average Bonchev–Trinajstić information content (AvgIpc) is 2.68. The van der Waals surface area contributed by atoms with Gasteiger partial charge in [-0.2, -0.15) is 5.10 Å². The molecule has 0 bridgehead atoms. The van der Waals surface area contributed by atoms with Crippen molar-refractivity contribution in [2.45, 2.75) is 6.92 Å². The Kier molecular flexibility index (Phi) is 4.25. The first kappa shape index (κ1) is 15.1. The van der Waals surface area contributed by atoms with Gasteiger partial charge in [-0.15, -0.1) is 0 Å². The molecular weight excluding hydrogens is 323 g/mol. The summed E-state index contributed by atoms with van der Waals surface area (Å²) in [4.78, 5) is 12.1. The third-order valence-electron chi connectivity index (χ3n) is 2.56. The van der Waals surface area contributed by atoms with E-state index in [9.17, 15) is 4.79 Å². The number of nitrogens with two attached hydrogens (primary N) is 1. The van der Waals surface area contributed by atoms with Gasteiger partial charge in [0, 0.05) is 12.1 Å². The van der Waals surface area contributed by atoms with Crippen LogP contribution in [0.2, 0.25) is 15.1 Å². The maximum atomic E-state index is 12.1. The largest absolute Gasteiger partial charge is 0.286 e. The van der Waals surface area contributed by atoms with Gasteiger partial charge >= 0.3 is 0 Å². The van der Waals surface area contributed by atoms with Crippen LogP contribution in [-0.4, -0.2) is 27.7 Å². The highest BCUT2D eigenvalue weighted by atomic mass is 35.5. The number of aromatic nitrogens is 2. The summed E-state index contributed by atoms with van der Waals surface area (Å²) in [5.41, 5.74) is 1.28. The monoisotopic (exact) mass is 332 g/mol. The Morgan fingerprint density at radius 2 is 1.80 bits per heavy atom. The van der Waals surface area contributed by atoms with Crippen LogP contribution in [0.1, 0.15) is 16.2 Å². The van der Waals surface area contributed by atoms with Crippen LogP contribution in [0.4, 0.5) is 0 Å². The van der Waals surface area contributed by atoms with Crippen LogP contribution in [0, 0.1) is 6.92 Å². The molecule has 1 aromatic carbocycles. The second kappa shape index (κ2) is 5.61. The van der Waals surface area contributed by atoms with Gasteiger partial charge in [-0.05, 0) is 25.1 Å². The van der Waals surface area contributed by atoms with Gasteiger partial charge in [0.15, 0.2) is 0 Å². The first-order chi connectivity index (χ1) is 9.31. The van der Waals surface area contributed by atoms with Gasteiger partial charge in [-0.1, -0.05) is 34.8 Å². The Bertz CT molecular complexity index is 658. The number of nitrogens with zero attached hydrogens (tertiary/aromatic N) is 3. The third-order valence-corrected chi connectivity index (χ3v) is 3.36. The van der Waals surface area contributed by atoms with Crippen molar-refractivity contribution in [1.82, 2.24) is 14.8 Å². The van der Waals surface area contributed by atoms with Gasteiger partial charge in [0.1, 0.15) is 11.4 Å². The lowest BCUT2D eigenvalue weighted by molar-refractivity contribution is 0.0786. The second-order valence-electron chi connectivity index (χ2n) is 4.22. The number of hydrazine groups is 1. The van der Waals surface area contributed by atoms with Gasteiger partial charge < -0.3 is 0 Å². The number of aryl methyl sites for hydroxylation is 1. The topological polar surface area (TPSA) is 64.2 Å². The Labute approximate surface area is 130 Å². The van der Waals surface area contributed by atoms with Crippen molar-refractivity contribution in [1.29, 1.82) is 0 Å². The number of benzene rings is 1. The van der Waals surface area contributed by atoms with Crippen molar-refractivity contribution >= 4 is 40.7 Å². The van der Waals surface area contributed by atoms with E-state index in [4.69, 9.17) is 40.6 Å². The van der Waals surface area contributed by atoms with E-state index < -0.39 is 5.91 Å². The maximum Gasteiger partial charge on any atom is 0.286 e. The molecule has 0 aliphatic heterocycles. The fourth-order valence-electron chi connectivity index (χ4n) is 1.74. The third kappa shape index (κ3) is 2.76. The van der Waals surface area contributed by atoms with Crippen LogP contribution >= 0.6 is 34.8 Å². The normalized spacial score (nSPS) is 10.7. The smallest absolute Gasteiger partial charge is 0.278 e. The van der Waals surface area contributed by atoms with Gasteiger partial charge in [-0.25, -0.2) is 10.5 Å². The highest BCUT2D eigenvalue weighted by Gasteiger charge is 2.21. The molecule has 8 heteroatoms. The summed E-state index contributed by atoms with van der Waals surface area (Å²) in [5, 5.41) is 6.18. The van der Waals surface area contributed by atoms with Crippen molar-refractivity contribution in [2.24, 2.45) is 5.84 Å². The zero-order chi connectivity index (χ0) is 15.0. The molecule has 1 aromatic heterocycles. The molecule has 0 radical (unpaired) electrons. The number of carbonyl (C=O) groups excluding carboxylic acids is 1. The second-order valence-corrected chi connectivity index (χ2v) is 5.47. The highest BCUT2D eigenvalue weighted by Crippen LogP contribution is 2.32. The predicted octanol–water partition coefficient (Wildman–Crippen LogP) is 3.09. The minimum absolute atomic E-state index is 0.263. The number of rotatable bonds is 2. The van der Waals surface area contributed by atoms with Crippen molar-refractivity contribution in [3.05, 3.63) is 44.7 Å². The highest BCUT2D eigenvalue weighted by molar-refractivity contribution is 6.40. The molecule has 5 nitrogen and oxygen atoms in total. The summed E-state index contributed by atoms with van der Waals surface area (Å²) in [7, 11) is 1.44. The van der Waals surface area contributed by atoms with E-state index in [1.165, 1.54) is 23.9 Å². The molecule has 1 heterocycles. The standard InChI is InChI=1S/C12H11Cl3N4O/c1-6-3-10(12(20)18(2)16)19(17-6)11-8(14)4-7(13)5-9(11)15/h3-5H,16H2,1-2H3. The van der Waals surface area contributed by atoms with Gasteiger partial charge in [0.05, 0.1) is 15.7 Å². The van der Waals surface area contributed by atoms with E-state index >= 15 is 0 Å². The molecular formula is C12H11Cl3N4O. The van der Waals surface area contributed by atoms with E-state index in [1.807, 2.05) is 0 Å². The SMILES string of the molecule is Cc1cc(C(=O)N(C)N)n(-c2c(Cl)cc(Cl)cc2Cl)n1. The minimum atomic E-state index is -0.410. The molecule has 2 rings (SSSR count). The van der Waals surface area contributed by atoms with E-state index in [2.05, 4.69) is 5.10 Å². The number of halogens is 3. The summed E-state index contributed by atoms with van der Waals surface area (Å²) in [6.07, 6.45) is 0. The molecule has 1 amide bonds. The molecule has 0 aliphatic carbocycles. The molecule has 0 saturated heterocycles. The lowest BCUT2D eigenvalue weighted by atomic mass is 10.3. The van der Waals surface area contributed by atoms with Crippen molar-refractivity contribution in [3.8, 4) is 5.69 Å². The van der Waals surface area contributed by atoms with Crippen LogP contribution in [0.25, 0.3) is 5.69 Å². The zero-order valence-electron chi connectivity index (χ0n) is 10.7. The molecule has 0 aliphatic rings. The van der Waals surface area contributed by atoms with E-state index in [0.717, 1.165) is 5.01 Å². The molecule has 2 aromatic rings. The molecule has 0 fully saturated rings. The number of hydrogen-bond donors (Lipinski definition) is 1. The summed E-state index contributed by atoms with van der Waals surface area (Å²) >= 11 is 18.2. The van der Waals surface area contributed by atoms with E-state index in [-0.39, 0.29) is 5.69 Å². The zero-order valence-corrected chi connectivity index (χ0v) is 13.0. The van der Waals surface area contributed by atoms with Crippen LogP contribution in [0.3, 0.4) is 0 Å². The Balaban J connectivity index is 2.68. The number of amides is 1. The summed E-state index contributed by atoms with van der Waals surface area (Å²) in [6, 6.07) is 4.66. The molecule has 20 heavy (non-hydrogen) atoms. The summed E-state index contributed by atoms with van der Waals surface area (Å²) < 4.78 is 1.36. The number of hydrogen-bond acceptors (Lipinski definition) is 3. The quantitative estimate of drug-likeness (QED) is 0.522. The molecule has 0 saturated carbocycles. The van der Waals surface area contributed by atoms with Crippen LogP contribution < -0.4 is 5.84 Å². The molecule has 0 spiro atoms. The average molecular weight is 334 g/mol. The Morgan fingerprint density at radius 3 is 2.30 bits per heavy atom. The lowest BCUT2D eigenvalue weighted by Gasteiger charge is -2.14. The predicted molar refractivity (Wildman–Crippen MR) is 79.6 cm³/mol. The Hall–Kier alpha value is -1.27.